The molecular formula is C21H18N2O3. The molecule has 5 nitrogen and oxygen atoms in total. The maximum atomic E-state index is 12.9. The molecule has 26 heavy (non-hydrogen) atoms. The van der Waals surface area contributed by atoms with Gasteiger partial charge in [0, 0.05) is 18.1 Å². The van der Waals surface area contributed by atoms with Crippen molar-refractivity contribution < 1.29 is 14.3 Å². The zero-order valence-electron chi connectivity index (χ0n) is 14.3. The van der Waals surface area contributed by atoms with Crippen LogP contribution in [0.2, 0.25) is 0 Å². The van der Waals surface area contributed by atoms with Gasteiger partial charge in [-0.3, -0.25) is 14.7 Å². The van der Waals surface area contributed by atoms with Crippen molar-refractivity contribution in [3.63, 3.8) is 0 Å². The summed E-state index contributed by atoms with van der Waals surface area (Å²) in [5.41, 5.74) is 1.74. The molecule has 1 saturated heterocycles. The molecule has 1 amide bonds. The molecular weight excluding hydrogens is 328 g/mol. The lowest BCUT2D eigenvalue weighted by Crippen LogP contribution is -2.61. The summed E-state index contributed by atoms with van der Waals surface area (Å²) in [6, 6.07) is 20.4. The van der Waals surface area contributed by atoms with Gasteiger partial charge in [-0.2, -0.15) is 0 Å². The van der Waals surface area contributed by atoms with Gasteiger partial charge in [-0.05, 0) is 48.0 Å². The average Bonchev–Trinajstić information content (AvgIpc) is 2.71. The third-order valence-electron chi connectivity index (χ3n) is 4.43. The standard InChI is InChI=1S/C21H18N2O3/c1-25-17-11-9-16(10-12-17)23-19(15-6-5-13-22-14-15)20(21(23)24)26-18-7-3-2-4-8-18/h2-14,19-20H,1H3/t19-,20-/m1/s1. The van der Waals surface area contributed by atoms with E-state index in [1.165, 1.54) is 0 Å². The molecule has 1 aromatic heterocycles. The van der Waals surface area contributed by atoms with E-state index in [1.54, 1.807) is 24.4 Å². The van der Waals surface area contributed by atoms with Gasteiger partial charge in [0.05, 0.1) is 7.11 Å². The predicted octanol–water partition coefficient (Wildman–Crippen LogP) is 3.63. The predicted molar refractivity (Wildman–Crippen MR) is 98.3 cm³/mol. The molecule has 1 aliphatic rings. The molecule has 0 radical (unpaired) electrons. The second-order valence-electron chi connectivity index (χ2n) is 5.99. The molecule has 1 fully saturated rings. The van der Waals surface area contributed by atoms with Crippen LogP contribution in [-0.2, 0) is 4.79 Å². The number of rotatable bonds is 5. The number of nitrogens with zero attached hydrogens (tertiary/aromatic N) is 2. The summed E-state index contributed by atoms with van der Waals surface area (Å²) in [7, 11) is 1.62. The minimum absolute atomic E-state index is 0.0760. The van der Waals surface area contributed by atoms with E-state index in [1.807, 2.05) is 66.7 Å². The van der Waals surface area contributed by atoms with Gasteiger partial charge in [0.15, 0.2) is 0 Å². The van der Waals surface area contributed by atoms with Crippen LogP contribution in [-0.4, -0.2) is 24.1 Å². The smallest absolute Gasteiger partial charge is 0.271 e. The molecule has 2 aromatic carbocycles. The number of anilines is 1. The third kappa shape index (κ3) is 2.88. The highest BCUT2D eigenvalue weighted by molar-refractivity contribution is 6.05. The molecule has 0 N–H and O–H groups in total. The molecule has 0 saturated carbocycles. The number of ether oxygens (including phenoxy) is 2. The Kier molecular flexibility index (Phi) is 4.27. The number of β-lactam (4-membered cyclic amide) rings is 1. The molecule has 0 bridgehead atoms. The topological polar surface area (TPSA) is 51.7 Å². The maximum Gasteiger partial charge on any atom is 0.271 e. The van der Waals surface area contributed by atoms with Crippen molar-refractivity contribution in [2.75, 3.05) is 12.0 Å². The molecule has 4 rings (SSSR count). The van der Waals surface area contributed by atoms with Gasteiger partial charge in [0.2, 0.25) is 6.10 Å². The molecule has 3 aromatic rings. The van der Waals surface area contributed by atoms with E-state index in [9.17, 15) is 4.79 Å². The number of hydrogen-bond acceptors (Lipinski definition) is 4. The Labute approximate surface area is 151 Å². The lowest BCUT2D eigenvalue weighted by atomic mass is 9.90. The van der Waals surface area contributed by atoms with Crippen molar-refractivity contribution in [1.29, 1.82) is 0 Å². The number of benzene rings is 2. The highest BCUT2D eigenvalue weighted by Crippen LogP contribution is 2.41. The summed E-state index contributed by atoms with van der Waals surface area (Å²) in [4.78, 5) is 18.8. The minimum Gasteiger partial charge on any atom is -0.497 e. The first-order chi connectivity index (χ1) is 12.8. The Bertz CT molecular complexity index is 882. The Hall–Kier alpha value is -3.34. The summed E-state index contributed by atoms with van der Waals surface area (Å²) < 4.78 is 11.2. The van der Waals surface area contributed by atoms with Crippen LogP contribution >= 0.6 is 0 Å². The number of pyridine rings is 1. The first-order valence-electron chi connectivity index (χ1n) is 8.36. The van der Waals surface area contributed by atoms with E-state index in [0.717, 1.165) is 17.0 Å². The summed E-state index contributed by atoms with van der Waals surface area (Å²) >= 11 is 0. The fourth-order valence-electron chi connectivity index (χ4n) is 3.13. The van der Waals surface area contributed by atoms with Crippen LogP contribution in [0.3, 0.4) is 0 Å². The first-order valence-corrected chi connectivity index (χ1v) is 8.36. The molecule has 1 aliphatic heterocycles. The fraction of sp³-hybridized carbons (Fsp3) is 0.143. The molecule has 0 spiro atoms. The Morgan fingerprint density at radius 3 is 2.35 bits per heavy atom. The van der Waals surface area contributed by atoms with E-state index in [-0.39, 0.29) is 11.9 Å². The van der Waals surface area contributed by atoms with E-state index >= 15 is 0 Å². The summed E-state index contributed by atoms with van der Waals surface area (Å²) in [6.07, 6.45) is 2.91. The molecule has 2 heterocycles. The molecule has 0 unspecified atom stereocenters. The van der Waals surface area contributed by atoms with Crippen LogP contribution in [0, 0.1) is 0 Å². The average molecular weight is 346 g/mol. The van der Waals surface area contributed by atoms with Crippen LogP contribution < -0.4 is 14.4 Å². The van der Waals surface area contributed by atoms with Crippen molar-refractivity contribution in [2.45, 2.75) is 12.1 Å². The summed E-state index contributed by atoms with van der Waals surface area (Å²) in [6.45, 7) is 0. The molecule has 2 atom stereocenters. The van der Waals surface area contributed by atoms with Gasteiger partial charge in [0.1, 0.15) is 17.5 Å². The zero-order valence-corrected chi connectivity index (χ0v) is 14.3. The van der Waals surface area contributed by atoms with Crippen LogP contribution in [0.1, 0.15) is 11.6 Å². The number of amides is 1. The number of hydrogen-bond donors (Lipinski definition) is 0. The van der Waals surface area contributed by atoms with Crippen molar-refractivity contribution in [2.24, 2.45) is 0 Å². The van der Waals surface area contributed by atoms with Gasteiger partial charge in [-0.25, -0.2) is 0 Å². The highest BCUT2D eigenvalue weighted by atomic mass is 16.5. The lowest BCUT2D eigenvalue weighted by molar-refractivity contribution is -0.135. The molecule has 130 valence electrons. The zero-order chi connectivity index (χ0) is 17.9. The molecule has 5 heteroatoms. The van der Waals surface area contributed by atoms with E-state index < -0.39 is 6.10 Å². The van der Waals surface area contributed by atoms with Gasteiger partial charge in [-0.1, -0.05) is 24.3 Å². The van der Waals surface area contributed by atoms with E-state index in [2.05, 4.69) is 4.98 Å². The minimum atomic E-state index is -0.580. The quantitative estimate of drug-likeness (QED) is 0.662. The number of carbonyl (C=O) groups excluding carboxylic acids is 1. The van der Waals surface area contributed by atoms with Gasteiger partial charge in [0.25, 0.3) is 5.91 Å². The van der Waals surface area contributed by atoms with Gasteiger partial charge >= 0.3 is 0 Å². The third-order valence-corrected chi connectivity index (χ3v) is 4.43. The fourth-order valence-corrected chi connectivity index (χ4v) is 3.13. The number of carbonyl (C=O) groups is 1. The largest absolute Gasteiger partial charge is 0.497 e. The highest BCUT2D eigenvalue weighted by Gasteiger charge is 2.51. The second-order valence-corrected chi connectivity index (χ2v) is 5.99. The lowest BCUT2D eigenvalue weighted by Gasteiger charge is -2.46. The van der Waals surface area contributed by atoms with Crippen molar-refractivity contribution in [3.8, 4) is 11.5 Å². The van der Waals surface area contributed by atoms with Crippen LogP contribution in [0.5, 0.6) is 11.5 Å². The number of aromatic nitrogens is 1. The van der Waals surface area contributed by atoms with Gasteiger partial charge < -0.3 is 9.47 Å². The summed E-state index contributed by atoms with van der Waals surface area (Å²) in [5.74, 6) is 1.35. The second kappa shape index (κ2) is 6.88. The number of para-hydroxylation sites is 1. The Balaban J connectivity index is 1.66. The Morgan fingerprint density at radius 2 is 1.69 bits per heavy atom. The summed E-state index contributed by atoms with van der Waals surface area (Å²) in [5, 5.41) is 0. The van der Waals surface area contributed by atoms with Crippen LogP contribution in [0.15, 0.2) is 79.1 Å². The van der Waals surface area contributed by atoms with Crippen LogP contribution in [0.25, 0.3) is 0 Å². The maximum absolute atomic E-state index is 12.9. The SMILES string of the molecule is COc1ccc(N2C(=O)[C@H](Oc3ccccc3)[C@H]2c2cccnc2)cc1. The number of methoxy groups -OCH3 is 1. The molecule has 0 aliphatic carbocycles. The van der Waals surface area contributed by atoms with Crippen LogP contribution in [0.4, 0.5) is 5.69 Å². The van der Waals surface area contributed by atoms with Crippen molar-refractivity contribution >= 4 is 11.6 Å². The monoisotopic (exact) mass is 346 g/mol. The first kappa shape index (κ1) is 16.1. The van der Waals surface area contributed by atoms with Crippen molar-refractivity contribution in [3.05, 3.63) is 84.7 Å². The Morgan fingerprint density at radius 1 is 0.923 bits per heavy atom. The van der Waals surface area contributed by atoms with E-state index in [4.69, 9.17) is 9.47 Å². The van der Waals surface area contributed by atoms with Crippen molar-refractivity contribution in [1.82, 2.24) is 4.98 Å². The van der Waals surface area contributed by atoms with E-state index in [0.29, 0.717) is 5.75 Å². The normalized spacial score (nSPS) is 19.0. The van der Waals surface area contributed by atoms with Gasteiger partial charge in [-0.15, -0.1) is 0 Å².